The number of benzene rings is 2. The molecule has 2 N–H and O–H groups in total. The van der Waals surface area contributed by atoms with Gasteiger partial charge in [-0.1, -0.05) is 29.3 Å². The van der Waals surface area contributed by atoms with E-state index < -0.39 is 17.8 Å². The van der Waals surface area contributed by atoms with E-state index >= 15 is 0 Å². The molecule has 0 radical (unpaired) electrons. The van der Waals surface area contributed by atoms with Crippen LogP contribution >= 0.6 is 23.2 Å². The molecule has 33 heavy (non-hydrogen) atoms. The molecule has 1 saturated heterocycles. The number of hydrogen-bond donors (Lipinski definition) is 1. The maximum absolute atomic E-state index is 13.3. The van der Waals surface area contributed by atoms with Crippen LogP contribution in [0, 0.1) is 5.82 Å². The van der Waals surface area contributed by atoms with Gasteiger partial charge in [-0.25, -0.2) is 4.39 Å². The van der Waals surface area contributed by atoms with Crippen molar-refractivity contribution in [2.24, 2.45) is 10.8 Å². The van der Waals surface area contributed by atoms with Crippen molar-refractivity contribution in [3.63, 3.8) is 0 Å². The fourth-order valence-electron chi connectivity index (χ4n) is 3.83. The number of anilines is 1. The van der Waals surface area contributed by atoms with E-state index in [1.165, 1.54) is 29.3 Å². The van der Waals surface area contributed by atoms with Crippen LogP contribution in [0.4, 0.5) is 10.1 Å². The SMILES string of the molecule is NC(=O)C1CC(C(=O)N2CCN(C(=O)c3cccc(Cl)c3Cl)CC2)=NN1c1ccc(F)cc1. The third-order valence-corrected chi connectivity index (χ3v) is 6.43. The minimum Gasteiger partial charge on any atom is -0.368 e. The number of hydrazone groups is 1. The van der Waals surface area contributed by atoms with Gasteiger partial charge in [-0.3, -0.25) is 19.4 Å². The lowest BCUT2D eigenvalue weighted by Crippen LogP contribution is -2.52. The number of carbonyl (C=O) groups excluding carboxylic acids is 3. The number of rotatable bonds is 4. The van der Waals surface area contributed by atoms with Crippen LogP contribution < -0.4 is 10.7 Å². The average molecular weight is 492 g/mol. The molecule has 2 aromatic rings. The lowest BCUT2D eigenvalue weighted by molar-refractivity contribution is -0.125. The van der Waals surface area contributed by atoms with Gasteiger partial charge < -0.3 is 15.5 Å². The first-order chi connectivity index (χ1) is 15.8. The van der Waals surface area contributed by atoms with Gasteiger partial charge >= 0.3 is 0 Å². The largest absolute Gasteiger partial charge is 0.368 e. The van der Waals surface area contributed by atoms with Gasteiger partial charge in [-0.05, 0) is 36.4 Å². The number of piperazine rings is 1. The summed E-state index contributed by atoms with van der Waals surface area (Å²) in [7, 11) is 0. The summed E-state index contributed by atoms with van der Waals surface area (Å²) in [4.78, 5) is 41.0. The molecule has 0 aliphatic carbocycles. The smallest absolute Gasteiger partial charge is 0.270 e. The van der Waals surface area contributed by atoms with Crippen LogP contribution in [0.2, 0.25) is 10.0 Å². The number of amides is 3. The van der Waals surface area contributed by atoms with Crippen LogP contribution in [0.15, 0.2) is 47.6 Å². The van der Waals surface area contributed by atoms with Gasteiger partial charge in [0.2, 0.25) is 5.91 Å². The Morgan fingerprint density at radius 2 is 1.55 bits per heavy atom. The molecular formula is C22H20Cl2FN5O3. The summed E-state index contributed by atoms with van der Waals surface area (Å²) in [6.45, 7) is 1.20. The fraction of sp³-hybridized carbons (Fsp3) is 0.273. The van der Waals surface area contributed by atoms with E-state index in [1.807, 2.05) is 0 Å². The van der Waals surface area contributed by atoms with Crippen LogP contribution in [0.5, 0.6) is 0 Å². The van der Waals surface area contributed by atoms with Crippen molar-refractivity contribution < 1.29 is 18.8 Å². The number of nitrogens with two attached hydrogens (primary N) is 1. The molecule has 2 aliphatic rings. The summed E-state index contributed by atoms with van der Waals surface area (Å²) in [5, 5.41) is 6.15. The normalized spacial score (nSPS) is 18.3. The summed E-state index contributed by atoms with van der Waals surface area (Å²) >= 11 is 12.2. The zero-order valence-corrected chi connectivity index (χ0v) is 18.9. The van der Waals surface area contributed by atoms with E-state index in [4.69, 9.17) is 28.9 Å². The van der Waals surface area contributed by atoms with Crippen molar-refractivity contribution in [2.45, 2.75) is 12.5 Å². The van der Waals surface area contributed by atoms with Crippen LogP contribution in [-0.2, 0) is 9.59 Å². The molecule has 1 fully saturated rings. The third kappa shape index (κ3) is 4.65. The highest BCUT2D eigenvalue weighted by atomic mass is 35.5. The highest BCUT2D eigenvalue weighted by Crippen LogP contribution is 2.28. The summed E-state index contributed by atoms with van der Waals surface area (Å²) in [6.07, 6.45) is 0.0445. The van der Waals surface area contributed by atoms with Gasteiger partial charge in [0.1, 0.15) is 17.6 Å². The number of hydrogen-bond acceptors (Lipinski definition) is 5. The second-order valence-electron chi connectivity index (χ2n) is 7.68. The molecule has 4 rings (SSSR count). The molecule has 3 amide bonds. The molecule has 2 aliphatic heterocycles. The van der Waals surface area contributed by atoms with Crippen molar-refractivity contribution in [1.82, 2.24) is 9.80 Å². The highest BCUT2D eigenvalue weighted by Gasteiger charge is 2.37. The molecule has 8 nitrogen and oxygen atoms in total. The minimum absolute atomic E-state index is 0.0445. The Kier molecular flexibility index (Phi) is 6.53. The van der Waals surface area contributed by atoms with Crippen molar-refractivity contribution >= 4 is 52.3 Å². The molecular weight excluding hydrogens is 472 g/mol. The predicted octanol–water partition coefficient (Wildman–Crippen LogP) is 2.54. The average Bonchev–Trinajstić information content (AvgIpc) is 3.26. The Labute approximate surface area is 199 Å². The molecule has 1 unspecified atom stereocenters. The van der Waals surface area contributed by atoms with Gasteiger partial charge in [0, 0.05) is 32.6 Å². The van der Waals surface area contributed by atoms with Crippen LogP contribution in [0.3, 0.4) is 0 Å². The Bertz CT molecular complexity index is 1130. The number of halogens is 3. The van der Waals surface area contributed by atoms with Gasteiger partial charge in [0.15, 0.2) is 0 Å². The lowest BCUT2D eigenvalue weighted by Gasteiger charge is -2.34. The van der Waals surface area contributed by atoms with Gasteiger partial charge in [-0.2, -0.15) is 5.10 Å². The zero-order chi connectivity index (χ0) is 23.7. The van der Waals surface area contributed by atoms with Crippen LogP contribution in [0.1, 0.15) is 16.8 Å². The monoisotopic (exact) mass is 491 g/mol. The first-order valence-electron chi connectivity index (χ1n) is 10.2. The lowest BCUT2D eigenvalue weighted by atomic mass is 10.1. The summed E-state index contributed by atoms with van der Waals surface area (Å²) < 4.78 is 13.3. The number of carbonyl (C=O) groups is 3. The Morgan fingerprint density at radius 1 is 0.939 bits per heavy atom. The van der Waals surface area contributed by atoms with Crippen molar-refractivity contribution in [3.8, 4) is 0 Å². The zero-order valence-electron chi connectivity index (χ0n) is 17.4. The first-order valence-corrected chi connectivity index (χ1v) is 11.0. The molecule has 1 atom stereocenters. The number of primary amides is 1. The van der Waals surface area contributed by atoms with E-state index in [2.05, 4.69) is 5.10 Å². The van der Waals surface area contributed by atoms with Crippen LogP contribution in [0.25, 0.3) is 0 Å². The summed E-state index contributed by atoms with van der Waals surface area (Å²) in [6, 6.07) is 9.43. The molecule has 11 heteroatoms. The molecule has 0 spiro atoms. The van der Waals surface area contributed by atoms with Crippen molar-refractivity contribution in [3.05, 3.63) is 63.9 Å². The third-order valence-electron chi connectivity index (χ3n) is 5.61. The van der Waals surface area contributed by atoms with Crippen molar-refractivity contribution in [1.29, 1.82) is 0 Å². The molecule has 0 aromatic heterocycles. The molecule has 2 aromatic carbocycles. The molecule has 0 bridgehead atoms. The Hall–Kier alpha value is -3.17. The first kappa shape index (κ1) is 23.0. The van der Waals surface area contributed by atoms with E-state index in [-0.39, 0.29) is 29.0 Å². The molecule has 2 heterocycles. The van der Waals surface area contributed by atoms with E-state index in [1.54, 1.807) is 28.0 Å². The molecule has 0 saturated carbocycles. The fourth-order valence-corrected chi connectivity index (χ4v) is 4.21. The highest BCUT2D eigenvalue weighted by molar-refractivity contribution is 6.44. The Balaban J connectivity index is 1.44. The van der Waals surface area contributed by atoms with Crippen molar-refractivity contribution in [2.75, 3.05) is 31.2 Å². The second kappa shape index (κ2) is 9.36. The second-order valence-corrected chi connectivity index (χ2v) is 8.46. The van der Waals surface area contributed by atoms with E-state index in [0.29, 0.717) is 42.5 Å². The number of nitrogens with zero attached hydrogens (tertiary/aromatic N) is 4. The standard InChI is InChI=1S/C22H20Cl2FN5O3/c23-16-3-1-2-15(19(16)24)21(32)28-8-10-29(11-9-28)22(33)17-12-18(20(26)31)30(27-17)14-6-4-13(25)5-7-14/h1-7,18H,8-12H2,(H2,26,31). The van der Waals surface area contributed by atoms with Gasteiger partial charge in [0.25, 0.3) is 11.8 Å². The minimum atomic E-state index is -0.845. The predicted molar refractivity (Wildman–Crippen MR) is 123 cm³/mol. The topological polar surface area (TPSA) is 99.3 Å². The summed E-state index contributed by atoms with van der Waals surface area (Å²) in [5.41, 5.74) is 6.45. The Morgan fingerprint density at radius 3 is 2.15 bits per heavy atom. The maximum atomic E-state index is 13.3. The quantitative estimate of drug-likeness (QED) is 0.709. The molecule has 172 valence electrons. The van der Waals surface area contributed by atoms with Gasteiger partial charge in [-0.15, -0.1) is 0 Å². The van der Waals surface area contributed by atoms with Gasteiger partial charge in [0.05, 0.1) is 21.3 Å². The van der Waals surface area contributed by atoms with E-state index in [0.717, 1.165) is 0 Å². The van der Waals surface area contributed by atoms with Crippen LogP contribution in [-0.4, -0.2) is 65.5 Å². The maximum Gasteiger partial charge on any atom is 0.270 e. The van der Waals surface area contributed by atoms with E-state index in [9.17, 15) is 18.8 Å². The summed E-state index contributed by atoms with van der Waals surface area (Å²) in [5.74, 6) is -1.66.